The molecule has 0 atom stereocenters. The fourth-order valence-corrected chi connectivity index (χ4v) is 4.30. The smallest absolute Gasteiger partial charge is 0.268 e. The summed E-state index contributed by atoms with van der Waals surface area (Å²) in [5, 5.41) is 21.5. The first-order valence-electron chi connectivity index (χ1n) is 10.2. The van der Waals surface area contributed by atoms with Crippen LogP contribution < -0.4 is 5.32 Å². The van der Waals surface area contributed by atoms with Gasteiger partial charge in [0.15, 0.2) is 0 Å². The Kier molecular flexibility index (Phi) is 6.43. The number of carbonyl (C=O) groups excluding carboxylic acids is 1. The first-order chi connectivity index (χ1) is 15.9. The second-order valence-electron chi connectivity index (χ2n) is 7.43. The minimum absolute atomic E-state index is 0.0471. The maximum absolute atomic E-state index is 13.3. The molecule has 0 unspecified atom stereocenters. The number of hydrogen-bond donors (Lipinski definition) is 1. The summed E-state index contributed by atoms with van der Waals surface area (Å²) in [4.78, 5) is 12.7. The second-order valence-corrected chi connectivity index (χ2v) is 8.49. The molecule has 0 aliphatic carbocycles. The van der Waals surface area contributed by atoms with Crippen LogP contribution in [-0.4, -0.2) is 20.7 Å². The molecular weight excluding hydrogens is 437 g/mol. The van der Waals surface area contributed by atoms with Crippen LogP contribution in [0.4, 0.5) is 9.52 Å². The molecule has 4 aromatic rings. The highest BCUT2D eigenvalue weighted by Gasteiger charge is 2.16. The quantitative estimate of drug-likeness (QED) is 0.318. The van der Waals surface area contributed by atoms with E-state index in [2.05, 4.69) is 15.5 Å². The van der Waals surface area contributed by atoms with Crippen LogP contribution in [-0.2, 0) is 11.2 Å². The first-order valence-corrected chi connectivity index (χ1v) is 11.0. The zero-order valence-electron chi connectivity index (χ0n) is 18.0. The Morgan fingerprint density at radius 1 is 1.15 bits per heavy atom. The van der Waals surface area contributed by atoms with Crippen LogP contribution in [0.5, 0.6) is 0 Å². The molecule has 2 aromatic carbocycles. The molecule has 0 aliphatic heterocycles. The van der Waals surface area contributed by atoms with Crippen molar-refractivity contribution < 1.29 is 9.18 Å². The van der Waals surface area contributed by atoms with Crippen molar-refractivity contribution in [2.24, 2.45) is 0 Å². The monoisotopic (exact) mass is 457 g/mol. The maximum atomic E-state index is 13.3. The molecule has 0 fully saturated rings. The molecule has 4 rings (SSSR count). The fraction of sp³-hybridized carbons (Fsp3) is 0.120. The van der Waals surface area contributed by atoms with Gasteiger partial charge in [-0.3, -0.25) is 10.1 Å². The van der Waals surface area contributed by atoms with Crippen LogP contribution in [0, 0.1) is 31.0 Å². The maximum Gasteiger partial charge on any atom is 0.268 e. The summed E-state index contributed by atoms with van der Waals surface area (Å²) < 4.78 is 15.2. The highest BCUT2D eigenvalue weighted by atomic mass is 32.1. The van der Waals surface area contributed by atoms with E-state index in [1.807, 2.05) is 60.9 Å². The third-order valence-corrected chi connectivity index (χ3v) is 5.94. The Hall–Kier alpha value is -4.09. The standard InChI is InChI=1S/C25H20FN5OS/c1-16-12-19(17(2)31(16)22-10-8-21(26)9-11-22)14-20(15-27)24(32)28-25-30-29-23(33-25)13-18-6-4-3-5-7-18/h3-12,14H,13H2,1-2H3,(H,28,30,32)/b20-14-. The number of benzene rings is 2. The lowest BCUT2D eigenvalue weighted by Gasteiger charge is -2.09. The number of halogens is 1. The summed E-state index contributed by atoms with van der Waals surface area (Å²) in [6.07, 6.45) is 2.16. The number of rotatable bonds is 6. The molecule has 6 nitrogen and oxygen atoms in total. The van der Waals surface area contributed by atoms with E-state index in [-0.39, 0.29) is 11.4 Å². The molecule has 1 amide bonds. The van der Waals surface area contributed by atoms with Gasteiger partial charge < -0.3 is 4.57 Å². The molecule has 0 saturated heterocycles. The average molecular weight is 458 g/mol. The SMILES string of the molecule is Cc1cc(/C=C(/C#N)C(=O)Nc2nnc(Cc3ccccc3)s2)c(C)n1-c1ccc(F)cc1. The highest BCUT2D eigenvalue weighted by molar-refractivity contribution is 7.15. The lowest BCUT2D eigenvalue weighted by atomic mass is 10.1. The number of nitrogens with zero attached hydrogens (tertiary/aromatic N) is 4. The predicted molar refractivity (Wildman–Crippen MR) is 127 cm³/mol. The molecule has 2 aromatic heterocycles. The Bertz CT molecular complexity index is 1360. The van der Waals surface area contributed by atoms with Gasteiger partial charge in [0.2, 0.25) is 5.13 Å². The van der Waals surface area contributed by atoms with Gasteiger partial charge in [-0.1, -0.05) is 41.7 Å². The largest absolute Gasteiger partial charge is 0.318 e. The molecule has 0 spiro atoms. The summed E-state index contributed by atoms with van der Waals surface area (Å²) in [5.41, 5.74) is 4.31. The van der Waals surface area contributed by atoms with E-state index >= 15 is 0 Å². The van der Waals surface area contributed by atoms with Crippen molar-refractivity contribution in [2.75, 3.05) is 5.32 Å². The molecule has 0 bridgehead atoms. The molecular formula is C25H20FN5OS. The lowest BCUT2D eigenvalue weighted by molar-refractivity contribution is -0.112. The Morgan fingerprint density at radius 2 is 1.88 bits per heavy atom. The van der Waals surface area contributed by atoms with Crippen molar-refractivity contribution in [1.29, 1.82) is 5.26 Å². The number of nitriles is 1. The van der Waals surface area contributed by atoms with Crippen LogP contribution in [0.2, 0.25) is 0 Å². The second kappa shape index (κ2) is 9.59. The van der Waals surface area contributed by atoms with Crippen molar-refractivity contribution >= 4 is 28.5 Å². The van der Waals surface area contributed by atoms with Crippen LogP contribution >= 0.6 is 11.3 Å². The van der Waals surface area contributed by atoms with Gasteiger partial charge in [-0.2, -0.15) is 5.26 Å². The number of aryl methyl sites for hydroxylation is 1. The van der Waals surface area contributed by atoms with E-state index in [4.69, 9.17) is 0 Å². The van der Waals surface area contributed by atoms with Crippen LogP contribution in [0.25, 0.3) is 11.8 Å². The van der Waals surface area contributed by atoms with Gasteiger partial charge >= 0.3 is 0 Å². The number of nitrogens with one attached hydrogen (secondary N) is 1. The molecule has 0 radical (unpaired) electrons. The van der Waals surface area contributed by atoms with Gasteiger partial charge in [0.05, 0.1) is 0 Å². The molecule has 0 saturated carbocycles. The predicted octanol–water partition coefficient (Wildman–Crippen LogP) is 5.22. The summed E-state index contributed by atoms with van der Waals surface area (Å²) in [7, 11) is 0. The van der Waals surface area contributed by atoms with Gasteiger partial charge in [-0.15, -0.1) is 10.2 Å². The van der Waals surface area contributed by atoms with Crippen molar-refractivity contribution in [2.45, 2.75) is 20.3 Å². The Labute approximate surface area is 194 Å². The van der Waals surface area contributed by atoms with Crippen molar-refractivity contribution in [3.8, 4) is 11.8 Å². The fourth-order valence-electron chi connectivity index (χ4n) is 3.54. The van der Waals surface area contributed by atoms with Gasteiger partial charge in [0.1, 0.15) is 22.5 Å². The number of aromatic nitrogens is 3. The summed E-state index contributed by atoms with van der Waals surface area (Å²) in [5.74, 6) is -0.861. The average Bonchev–Trinajstić information content (AvgIpc) is 3.36. The van der Waals surface area contributed by atoms with Crippen LogP contribution in [0.15, 0.2) is 66.2 Å². The topological polar surface area (TPSA) is 83.6 Å². The van der Waals surface area contributed by atoms with E-state index < -0.39 is 5.91 Å². The lowest BCUT2D eigenvalue weighted by Crippen LogP contribution is -2.13. The van der Waals surface area contributed by atoms with Gasteiger partial charge in [0.25, 0.3) is 5.91 Å². The number of amides is 1. The Morgan fingerprint density at radius 3 is 2.58 bits per heavy atom. The minimum Gasteiger partial charge on any atom is -0.318 e. The van der Waals surface area contributed by atoms with E-state index in [0.29, 0.717) is 11.6 Å². The third kappa shape index (κ3) is 5.05. The van der Waals surface area contributed by atoms with E-state index in [0.717, 1.165) is 33.2 Å². The summed E-state index contributed by atoms with van der Waals surface area (Å²) in [6.45, 7) is 3.80. The van der Waals surface area contributed by atoms with Crippen molar-refractivity contribution in [3.63, 3.8) is 0 Å². The molecule has 1 N–H and O–H groups in total. The molecule has 8 heteroatoms. The zero-order valence-corrected chi connectivity index (χ0v) is 18.9. The number of anilines is 1. The highest BCUT2D eigenvalue weighted by Crippen LogP contribution is 2.24. The van der Waals surface area contributed by atoms with E-state index in [1.165, 1.54) is 23.5 Å². The molecule has 164 valence electrons. The van der Waals surface area contributed by atoms with Crippen LogP contribution in [0.3, 0.4) is 0 Å². The zero-order chi connectivity index (χ0) is 23.4. The van der Waals surface area contributed by atoms with Gasteiger partial charge in [-0.25, -0.2) is 4.39 Å². The summed E-state index contributed by atoms with van der Waals surface area (Å²) >= 11 is 1.27. The third-order valence-electron chi connectivity index (χ3n) is 5.11. The van der Waals surface area contributed by atoms with Crippen molar-refractivity contribution in [1.82, 2.24) is 14.8 Å². The van der Waals surface area contributed by atoms with Crippen molar-refractivity contribution in [3.05, 3.63) is 99.6 Å². The van der Waals surface area contributed by atoms with Gasteiger partial charge in [0, 0.05) is 23.5 Å². The molecule has 0 aliphatic rings. The van der Waals surface area contributed by atoms with E-state index in [1.54, 1.807) is 18.2 Å². The van der Waals surface area contributed by atoms with Crippen LogP contribution in [0.1, 0.15) is 27.5 Å². The van der Waals surface area contributed by atoms with E-state index in [9.17, 15) is 14.4 Å². The Balaban J connectivity index is 1.53. The minimum atomic E-state index is -0.550. The molecule has 2 heterocycles. The number of carbonyl (C=O) groups is 1. The normalized spacial score (nSPS) is 11.3. The number of hydrogen-bond acceptors (Lipinski definition) is 5. The first kappa shape index (κ1) is 22.1. The summed E-state index contributed by atoms with van der Waals surface area (Å²) in [6, 6.07) is 19.9. The molecule has 33 heavy (non-hydrogen) atoms. The van der Waals surface area contributed by atoms with Gasteiger partial charge in [-0.05, 0) is 61.4 Å².